The minimum atomic E-state index is -0.318. The number of fused-ring (bicyclic) bond motifs is 1. The molecule has 2 aromatic heterocycles. The van der Waals surface area contributed by atoms with Gasteiger partial charge in [0, 0.05) is 37.8 Å². The first-order valence-electron chi connectivity index (χ1n) is 11.3. The average Bonchev–Trinajstić information content (AvgIpc) is 3.14. The van der Waals surface area contributed by atoms with E-state index in [1.54, 1.807) is 10.7 Å². The van der Waals surface area contributed by atoms with Gasteiger partial charge in [-0.05, 0) is 31.5 Å². The molecule has 4 aromatic rings. The molecule has 33 heavy (non-hydrogen) atoms. The molecule has 1 saturated heterocycles. The van der Waals surface area contributed by atoms with Gasteiger partial charge in [0.25, 0.3) is 0 Å². The van der Waals surface area contributed by atoms with Gasteiger partial charge in [-0.3, -0.25) is 4.90 Å². The van der Waals surface area contributed by atoms with E-state index in [4.69, 9.17) is 20.8 Å². The Morgan fingerprint density at radius 1 is 0.970 bits per heavy atom. The van der Waals surface area contributed by atoms with Gasteiger partial charge in [0.05, 0.1) is 17.6 Å². The molecule has 1 fully saturated rings. The third kappa shape index (κ3) is 4.26. The van der Waals surface area contributed by atoms with Crippen LogP contribution >= 0.6 is 0 Å². The Labute approximate surface area is 192 Å². The monoisotopic (exact) mass is 445 g/mol. The highest BCUT2D eigenvalue weighted by Crippen LogP contribution is 2.33. The summed E-state index contributed by atoms with van der Waals surface area (Å²) in [5.74, 6) is 0.764. The summed E-state index contributed by atoms with van der Waals surface area (Å²) in [6.45, 7) is 8.48. The van der Waals surface area contributed by atoms with E-state index in [0.29, 0.717) is 46.6 Å². The average molecular weight is 446 g/mol. The molecular weight excluding hydrogens is 417 g/mol. The van der Waals surface area contributed by atoms with Crippen LogP contribution in [-0.4, -0.2) is 56.9 Å². The molecule has 2 N–H and O–H groups in total. The first-order chi connectivity index (χ1) is 16.0. The van der Waals surface area contributed by atoms with Gasteiger partial charge in [-0.15, -0.1) is 5.10 Å². The first kappa shape index (κ1) is 21.3. The second-order valence-electron chi connectivity index (χ2n) is 8.73. The molecule has 3 heterocycles. The molecule has 0 radical (unpaired) electrons. The van der Waals surface area contributed by atoms with Gasteiger partial charge in [-0.25, -0.2) is 14.1 Å². The largest absolute Gasteiger partial charge is 0.383 e. The van der Waals surface area contributed by atoms with Gasteiger partial charge in [0.15, 0.2) is 5.65 Å². The van der Waals surface area contributed by atoms with Crippen molar-refractivity contribution in [3.63, 3.8) is 0 Å². The summed E-state index contributed by atoms with van der Waals surface area (Å²) >= 11 is 0. The maximum Gasteiger partial charge on any atom is 0.228 e. The van der Waals surface area contributed by atoms with Gasteiger partial charge in [-0.2, -0.15) is 4.98 Å². The van der Waals surface area contributed by atoms with Crippen LogP contribution in [0.4, 0.5) is 16.2 Å². The summed E-state index contributed by atoms with van der Waals surface area (Å²) in [5, 5.41) is 5.38. The van der Waals surface area contributed by atoms with E-state index in [1.165, 1.54) is 12.1 Å². The standard InChI is InChI=1S/C25H28FN7/c1-17(2)31-11-13-32(14-12-31)25-28-22(19-9-6-10-20(26)15-19)21-23(27)33(30-24(21)29-25)16-18-7-4-3-5-8-18/h3-10,15,17H,11-14,16,27H2,1-2H3. The predicted octanol–water partition coefficient (Wildman–Crippen LogP) is 3.79. The lowest BCUT2D eigenvalue weighted by Gasteiger charge is -2.36. The van der Waals surface area contributed by atoms with Crippen molar-refractivity contribution in [2.45, 2.75) is 26.4 Å². The third-order valence-corrected chi connectivity index (χ3v) is 6.23. The van der Waals surface area contributed by atoms with Crippen LogP contribution in [0.2, 0.25) is 0 Å². The summed E-state index contributed by atoms with van der Waals surface area (Å²) in [6.07, 6.45) is 0. The zero-order valence-corrected chi connectivity index (χ0v) is 18.9. The van der Waals surface area contributed by atoms with Crippen LogP contribution in [-0.2, 0) is 6.54 Å². The maximum atomic E-state index is 14.1. The minimum Gasteiger partial charge on any atom is -0.383 e. The summed E-state index contributed by atoms with van der Waals surface area (Å²) in [6, 6.07) is 17.0. The quantitative estimate of drug-likeness (QED) is 0.504. The van der Waals surface area contributed by atoms with Crippen molar-refractivity contribution >= 4 is 22.8 Å². The van der Waals surface area contributed by atoms with Crippen molar-refractivity contribution in [3.8, 4) is 11.3 Å². The van der Waals surface area contributed by atoms with E-state index in [0.717, 1.165) is 31.7 Å². The highest BCUT2D eigenvalue weighted by Gasteiger charge is 2.24. The molecule has 0 saturated carbocycles. The Kier molecular flexibility index (Phi) is 5.68. The van der Waals surface area contributed by atoms with E-state index < -0.39 is 0 Å². The van der Waals surface area contributed by atoms with Gasteiger partial charge >= 0.3 is 0 Å². The van der Waals surface area contributed by atoms with Crippen LogP contribution in [0.15, 0.2) is 54.6 Å². The first-order valence-corrected chi connectivity index (χ1v) is 11.3. The van der Waals surface area contributed by atoms with E-state index in [9.17, 15) is 4.39 Å². The van der Waals surface area contributed by atoms with Gasteiger partial charge < -0.3 is 10.6 Å². The molecule has 170 valence electrons. The molecule has 1 aliphatic heterocycles. The highest BCUT2D eigenvalue weighted by molar-refractivity contribution is 5.99. The van der Waals surface area contributed by atoms with Crippen LogP contribution < -0.4 is 10.6 Å². The molecule has 2 aromatic carbocycles. The summed E-state index contributed by atoms with van der Waals surface area (Å²) in [7, 11) is 0. The van der Waals surface area contributed by atoms with Gasteiger partial charge in [0.2, 0.25) is 5.95 Å². The van der Waals surface area contributed by atoms with E-state index >= 15 is 0 Å². The van der Waals surface area contributed by atoms with Crippen molar-refractivity contribution in [2.24, 2.45) is 0 Å². The van der Waals surface area contributed by atoms with Crippen LogP contribution in [0.25, 0.3) is 22.3 Å². The number of aromatic nitrogens is 4. The van der Waals surface area contributed by atoms with Crippen LogP contribution in [0.3, 0.4) is 0 Å². The Balaban J connectivity index is 1.60. The molecular formula is C25H28FN7. The van der Waals surface area contributed by atoms with Crippen molar-refractivity contribution in [2.75, 3.05) is 36.8 Å². The molecule has 0 spiro atoms. The Morgan fingerprint density at radius 2 is 1.73 bits per heavy atom. The Bertz CT molecular complexity index is 1260. The number of nitrogens with zero attached hydrogens (tertiary/aromatic N) is 6. The lowest BCUT2D eigenvalue weighted by atomic mass is 10.1. The van der Waals surface area contributed by atoms with E-state index in [-0.39, 0.29) is 5.82 Å². The second kappa shape index (κ2) is 8.78. The van der Waals surface area contributed by atoms with Crippen LogP contribution in [0.5, 0.6) is 0 Å². The van der Waals surface area contributed by atoms with Crippen molar-refractivity contribution in [1.82, 2.24) is 24.6 Å². The normalized spacial score (nSPS) is 15.0. The maximum absolute atomic E-state index is 14.1. The number of anilines is 2. The highest BCUT2D eigenvalue weighted by atomic mass is 19.1. The number of benzene rings is 2. The number of piperazine rings is 1. The van der Waals surface area contributed by atoms with Crippen LogP contribution in [0, 0.1) is 5.82 Å². The molecule has 7 nitrogen and oxygen atoms in total. The van der Waals surface area contributed by atoms with E-state index in [1.807, 2.05) is 36.4 Å². The third-order valence-electron chi connectivity index (χ3n) is 6.23. The molecule has 0 aliphatic carbocycles. The Morgan fingerprint density at radius 3 is 2.42 bits per heavy atom. The number of hydrogen-bond acceptors (Lipinski definition) is 6. The van der Waals surface area contributed by atoms with Crippen molar-refractivity contribution in [3.05, 3.63) is 66.0 Å². The van der Waals surface area contributed by atoms with Gasteiger partial charge in [-0.1, -0.05) is 42.5 Å². The molecule has 8 heteroatoms. The molecule has 0 bridgehead atoms. The molecule has 0 atom stereocenters. The lowest BCUT2D eigenvalue weighted by molar-refractivity contribution is 0.208. The fraction of sp³-hybridized carbons (Fsp3) is 0.320. The molecule has 1 aliphatic rings. The van der Waals surface area contributed by atoms with E-state index in [2.05, 4.69) is 23.6 Å². The summed E-state index contributed by atoms with van der Waals surface area (Å²) < 4.78 is 15.9. The SMILES string of the molecule is CC(C)N1CCN(c2nc(-c3cccc(F)c3)c3c(N)n(Cc4ccccc4)nc3n2)CC1. The molecule has 0 unspecified atom stereocenters. The number of nitrogens with two attached hydrogens (primary N) is 1. The number of rotatable bonds is 5. The van der Waals surface area contributed by atoms with Crippen LogP contribution in [0.1, 0.15) is 19.4 Å². The number of halogens is 1. The zero-order chi connectivity index (χ0) is 22.9. The fourth-order valence-corrected chi connectivity index (χ4v) is 4.34. The number of hydrogen-bond donors (Lipinski definition) is 1. The van der Waals surface area contributed by atoms with Crippen molar-refractivity contribution in [1.29, 1.82) is 0 Å². The molecule has 5 rings (SSSR count). The smallest absolute Gasteiger partial charge is 0.228 e. The summed E-state index contributed by atoms with van der Waals surface area (Å²) in [4.78, 5) is 14.3. The predicted molar refractivity (Wildman–Crippen MR) is 130 cm³/mol. The topological polar surface area (TPSA) is 76.1 Å². The minimum absolute atomic E-state index is 0.318. The lowest BCUT2D eigenvalue weighted by Crippen LogP contribution is -2.49. The fourth-order valence-electron chi connectivity index (χ4n) is 4.34. The van der Waals surface area contributed by atoms with Gasteiger partial charge in [0.1, 0.15) is 11.6 Å². The Hall–Kier alpha value is -3.52. The molecule has 0 amide bonds. The summed E-state index contributed by atoms with van der Waals surface area (Å²) in [5.41, 5.74) is 9.43. The van der Waals surface area contributed by atoms with Crippen molar-refractivity contribution < 1.29 is 4.39 Å². The number of nitrogen functional groups attached to an aromatic ring is 1. The second-order valence-corrected chi connectivity index (χ2v) is 8.73. The zero-order valence-electron chi connectivity index (χ0n) is 18.9.